The maximum Gasteiger partial charge on any atom is 0.501 e. The molecule has 2 aromatic rings. The van der Waals surface area contributed by atoms with Gasteiger partial charge in [-0.15, -0.1) is 8.42 Å². The first-order valence-corrected chi connectivity index (χ1v) is 7.31. The molecule has 0 unspecified atom stereocenters. The molecule has 2 aliphatic rings. The second kappa shape index (κ2) is 3.70. The number of phenols is 1. The fourth-order valence-electron chi connectivity index (χ4n) is 2.35. The van der Waals surface area contributed by atoms with E-state index < -0.39 is 10.4 Å². The van der Waals surface area contributed by atoms with Crippen LogP contribution in [0.5, 0.6) is 28.7 Å². The number of hydrogen-bond acceptors (Lipinski definition) is 6. The van der Waals surface area contributed by atoms with Crippen molar-refractivity contribution in [1.82, 2.24) is 0 Å². The molecular weight excluding hydrogens is 296 g/mol. The first kappa shape index (κ1) is 12.1. The first-order chi connectivity index (χ1) is 10.0. The number of aromatic hydroxyl groups is 1. The van der Waals surface area contributed by atoms with Crippen LogP contribution in [0.2, 0.25) is 0 Å². The van der Waals surface area contributed by atoms with Gasteiger partial charge in [-0.25, -0.2) is 0 Å². The Labute approximate surface area is 120 Å². The Morgan fingerprint density at radius 1 is 1.05 bits per heavy atom. The van der Waals surface area contributed by atoms with E-state index >= 15 is 0 Å². The van der Waals surface area contributed by atoms with Crippen molar-refractivity contribution in [3.8, 4) is 39.9 Å². The molecule has 106 valence electrons. The Hall–Kier alpha value is -2.67. The zero-order chi connectivity index (χ0) is 14.8. The molecule has 1 N–H and O–H groups in total. The lowest BCUT2D eigenvalue weighted by molar-refractivity contribution is 0.432. The molecule has 0 amide bonds. The molecule has 0 atom stereocenters. The minimum atomic E-state index is -4.18. The van der Waals surface area contributed by atoms with Crippen LogP contribution in [0.15, 0.2) is 30.8 Å². The highest BCUT2D eigenvalue weighted by Crippen LogP contribution is 2.68. The number of rotatable bonds is 2. The van der Waals surface area contributed by atoms with Gasteiger partial charge in [0.05, 0.1) is 5.56 Å². The molecule has 0 fully saturated rings. The van der Waals surface area contributed by atoms with E-state index in [-0.39, 0.29) is 34.3 Å². The fourth-order valence-corrected chi connectivity index (χ4v) is 3.10. The average molecular weight is 304 g/mol. The molecule has 0 aromatic heterocycles. The van der Waals surface area contributed by atoms with Crippen LogP contribution in [0.4, 0.5) is 0 Å². The largest absolute Gasteiger partial charge is 0.504 e. The van der Waals surface area contributed by atoms with E-state index in [0.29, 0.717) is 11.1 Å². The summed E-state index contributed by atoms with van der Waals surface area (Å²) in [6.45, 7) is 3.70. The van der Waals surface area contributed by atoms with Gasteiger partial charge in [-0.1, -0.05) is 36.9 Å². The third kappa shape index (κ3) is 1.61. The normalized spacial score (nSPS) is 16.0. The van der Waals surface area contributed by atoms with Gasteiger partial charge in [-0.2, -0.15) is 0 Å². The van der Waals surface area contributed by atoms with Crippen molar-refractivity contribution in [2.75, 3.05) is 0 Å². The van der Waals surface area contributed by atoms with Crippen molar-refractivity contribution in [1.29, 1.82) is 0 Å². The van der Waals surface area contributed by atoms with E-state index in [1.54, 1.807) is 30.3 Å². The Bertz CT molecular complexity index is 914. The molecule has 2 heterocycles. The molecule has 21 heavy (non-hydrogen) atoms. The minimum absolute atomic E-state index is 0.0309. The molecule has 2 aliphatic heterocycles. The fraction of sp³-hybridized carbons (Fsp3) is 0. The minimum Gasteiger partial charge on any atom is -0.504 e. The average Bonchev–Trinajstić information content (AvgIpc) is 3.18. The van der Waals surface area contributed by atoms with Crippen LogP contribution in [0.1, 0.15) is 5.56 Å². The Morgan fingerprint density at radius 3 is 2.52 bits per heavy atom. The van der Waals surface area contributed by atoms with Gasteiger partial charge >= 0.3 is 10.4 Å². The summed E-state index contributed by atoms with van der Waals surface area (Å²) in [5.41, 5.74) is 1.49. The van der Waals surface area contributed by atoms with Gasteiger partial charge in [-0.05, 0) is 11.1 Å². The van der Waals surface area contributed by atoms with Crippen molar-refractivity contribution in [2.24, 2.45) is 0 Å². The maximum absolute atomic E-state index is 11.5. The predicted molar refractivity (Wildman–Crippen MR) is 73.9 cm³/mol. The summed E-state index contributed by atoms with van der Waals surface area (Å²) in [6.07, 6.45) is 1.60. The van der Waals surface area contributed by atoms with Gasteiger partial charge in [0.15, 0.2) is 5.75 Å². The van der Waals surface area contributed by atoms with E-state index in [2.05, 4.69) is 6.58 Å². The molecule has 0 saturated heterocycles. The highest BCUT2D eigenvalue weighted by molar-refractivity contribution is 7.82. The highest BCUT2D eigenvalue weighted by Gasteiger charge is 2.46. The maximum atomic E-state index is 11.5. The van der Waals surface area contributed by atoms with E-state index in [1.165, 1.54) is 0 Å². The van der Waals surface area contributed by atoms with Crippen LogP contribution in [-0.2, 0) is 10.4 Å². The summed E-state index contributed by atoms with van der Waals surface area (Å²) >= 11 is 0. The van der Waals surface area contributed by atoms with Crippen LogP contribution in [0.25, 0.3) is 17.2 Å². The number of fused-ring (bicyclic) bond motifs is 3. The highest BCUT2D eigenvalue weighted by atomic mass is 32.3. The SMILES string of the molecule is C=Cc1ccccc1-c1c(O)c2c(c3c1OS(=O)(=O)O3)O2. The van der Waals surface area contributed by atoms with Gasteiger partial charge in [0.1, 0.15) is 0 Å². The lowest BCUT2D eigenvalue weighted by Crippen LogP contribution is -2.08. The summed E-state index contributed by atoms with van der Waals surface area (Å²) in [4.78, 5) is 0. The molecule has 7 heteroatoms. The smallest absolute Gasteiger partial charge is 0.501 e. The lowest BCUT2D eigenvalue weighted by atomic mass is 9.97. The van der Waals surface area contributed by atoms with Gasteiger partial charge in [0.25, 0.3) is 0 Å². The molecule has 2 aromatic carbocycles. The van der Waals surface area contributed by atoms with Crippen LogP contribution in [-0.4, -0.2) is 13.5 Å². The topological polar surface area (TPSA) is 85.4 Å². The molecule has 6 nitrogen and oxygen atoms in total. The number of hydrogen-bond donors (Lipinski definition) is 1. The second-order valence-corrected chi connectivity index (χ2v) is 5.66. The summed E-state index contributed by atoms with van der Waals surface area (Å²) in [5, 5.41) is 10.3. The van der Waals surface area contributed by atoms with Gasteiger partial charge in [-0.3, -0.25) is 0 Å². The van der Waals surface area contributed by atoms with Gasteiger partial charge in [0, 0.05) is 0 Å². The Balaban J connectivity index is 2.07. The number of ether oxygens (including phenoxy) is 1. The molecule has 4 rings (SSSR count). The third-order valence-corrected chi connectivity index (χ3v) is 4.02. The van der Waals surface area contributed by atoms with E-state index in [1.807, 2.05) is 0 Å². The Morgan fingerprint density at radius 2 is 1.76 bits per heavy atom. The van der Waals surface area contributed by atoms with Crippen LogP contribution >= 0.6 is 0 Å². The predicted octanol–water partition coefficient (Wildman–Crippen LogP) is 2.82. The number of benzene rings is 2. The monoisotopic (exact) mass is 304 g/mol. The first-order valence-electron chi connectivity index (χ1n) is 5.98. The summed E-state index contributed by atoms with van der Waals surface area (Å²) < 4.78 is 37.7. The van der Waals surface area contributed by atoms with Crippen LogP contribution < -0.4 is 13.1 Å². The quantitative estimate of drug-likeness (QED) is 0.733. The van der Waals surface area contributed by atoms with Crippen molar-refractivity contribution in [2.45, 2.75) is 0 Å². The number of phenolic OH excluding ortho intramolecular Hbond substituents is 1. The van der Waals surface area contributed by atoms with E-state index in [9.17, 15) is 13.5 Å². The third-order valence-electron chi connectivity index (χ3n) is 3.28. The molecule has 0 spiro atoms. The second-order valence-electron chi connectivity index (χ2n) is 4.51. The van der Waals surface area contributed by atoms with Crippen molar-refractivity contribution in [3.05, 3.63) is 36.4 Å². The summed E-state index contributed by atoms with van der Waals surface area (Å²) in [5.74, 6) is 0.0974. The van der Waals surface area contributed by atoms with Crippen molar-refractivity contribution in [3.63, 3.8) is 0 Å². The zero-order valence-corrected chi connectivity index (χ0v) is 11.3. The van der Waals surface area contributed by atoms with Gasteiger partial charge < -0.3 is 18.2 Å². The van der Waals surface area contributed by atoms with Crippen LogP contribution in [0.3, 0.4) is 0 Å². The summed E-state index contributed by atoms with van der Waals surface area (Å²) in [6, 6.07) is 7.06. The lowest BCUT2D eigenvalue weighted by Gasteiger charge is -2.08. The molecule has 0 radical (unpaired) electrons. The molecule has 0 aliphatic carbocycles. The van der Waals surface area contributed by atoms with Crippen molar-refractivity contribution < 1.29 is 26.6 Å². The van der Waals surface area contributed by atoms with Crippen LogP contribution in [0, 0.1) is 0 Å². The van der Waals surface area contributed by atoms with E-state index in [0.717, 1.165) is 0 Å². The van der Waals surface area contributed by atoms with Gasteiger partial charge in [0.2, 0.25) is 23.0 Å². The molecular formula is C14H8O6S. The molecule has 0 bridgehead atoms. The van der Waals surface area contributed by atoms with Crippen molar-refractivity contribution >= 4 is 16.5 Å². The van der Waals surface area contributed by atoms with E-state index in [4.69, 9.17) is 13.1 Å². The summed E-state index contributed by atoms with van der Waals surface area (Å²) in [7, 11) is -4.18. The molecule has 0 saturated carbocycles. The zero-order valence-electron chi connectivity index (χ0n) is 10.5. The standard InChI is InChI=1S/C14H8O6S/c1-2-7-5-3-4-6-8(7)9-10(15)12-13(18-12)14-11(9)19-21(16,17)20-14/h2-6,15H,1H2. The Kier molecular flexibility index (Phi) is 2.13.